The molecule has 2 N–H and O–H groups in total. The monoisotopic (exact) mass is 370 g/mol. The van der Waals surface area contributed by atoms with Crippen molar-refractivity contribution in [3.8, 4) is 0 Å². The summed E-state index contributed by atoms with van der Waals surface area (Å²) in [5.41, 5.74) is 1.75. The van der Waals surface area contributed by atoms with E-state index >= 15 is 0 Å². The average molecular weight is 372 g/mol. The molecule has 0 unspecified atom stereocenters. The van der Waals surface area contributed by atoms with Gasteiger partial charge in [0.1, 0.15) is 5.82 Å². The van der Waals surface area contributed by atoms with E-state index in [1.54, 1.807) is 18.2 Å². The Balaban J connectivity index is 2.13. The van der Waals surface area contributed by atoms with Gasteiger partial charge in [0.25, 0.3) is 0 Å². The third kappa shape index (κ3) is 4.44. The van der Waals surface area contributed by atoms with E-state index in [0.717, 1.165) is 10.0 Å². The highest BCUT2D eigenvalue weighted by molar-refractivity contribution is 9.10. The smallest absolute Gasteiger partial charge is 0.221 e. The molecule has 0 heterocycles. The van der Waals surface area contributed by atoms with E-state index in [-0.39, 0.29) is 11.6 Å². The zero-order chi connectivity index (χ0) is 15.4. The maximum Gasteiger partial charge on any atom is 0.221 e. The van der Waals surface area contributed by atoms with Crippen molar-refractivity contribution >= 4 is 44.8 Å². The molecule has 6 heteroatoms. The van der Waals surface area contributed by atoms with Gasteiger partial charge in [-0.25, -0.2) is 4.39 Å². The van der Waals surface area contributed by atoms with E-state index in [4.69, 9.17) is 11.6 Å². The standard InChI is InChI=1S/C15H13BrClFN2O/c1-9(21)20-15-7-12(3-5-14(15)18)19-8-10-6-11(16)2-4-13(10)17/h2-7,19H,8H2,1H3,(H,20,21). The predicted molar refractivity (Wildman–Crippen MR) is 87.2 cm³/mol. The zero-order valence-electron chi connectivity index (χ0n) is 11.2. The predicted octanol–water partition coefficient (Wildman–Crippen LogP) is 4.81. The summed E-state index contributed by atoms with van der Waals surface area (Å²) in [6.07, 6.45) is 0. The summed E-state index contributed by atoms with van der Waals surface area (Å²) in [6.45, 7) is 1.82. The molecule has 0 saturated carbocycles. The van der Waals surface area contributed by atoms with Crippen molar-refractivity contribution in [2.24, 2.45) is 0 Å². The molecule has 0 radical (unpaired) electrons. The van der Waals surface area contributed by atoms with Crippen LogP contribution in [0.3, 0.4) is 0 Å². The van der Waals surface area contributed by atoms with Crippen molar-refractivity contribution in [3.63, 3.8) is 0 Å². The normalized spacial score (nSPS) is 10.3. The van der Waals surface area contributed by atoms with Gasteiger partial charge in [0, 0.05) is 28.7 Å². The highest BCUT2D eigenvalue weighted by Crippen LogP contribution is 2.24. The van der Waals surface area contributed by atoms with Crippen molar-refractivity contribution in [2.45, 2.75) is 13.5 Å². The van der Waals surface area contributed by atoms with Crippen LogP contribution in [-0.4, -0.2) is 5.91 Å². The summed E-state index contributed by atoms with van der Waals surface area (Å²) in [4.78, 5) is 11.0. The van der Waals surface area contributed by atoms with Crippen LogP contribution in [0.2, 0.25) is 5.02 Å². The molecule has 0 atom stereocenters. The summed E-state index contributed by atoms with van der Waals surface area (Å²) in [5, 5.41) is 6.24. The Bertz CT molecular complexity index is 679. The number of amides is 1. The second-order valence-corrected chi connectivity index (χ2v) is 5.79. The SMILES string of the molecule is CC(=O)Nc1cc(NCc2cc(Br)ccc2Cl)ccc1F. The Morgan fingerprint density at radius 2 is 2.05 bits per heavy atom. The molecular formula is C15H13BrClFN2O. The Kier molecular flexibility index (Phi) is 5.20. The molecule has 21 heavy (non-hydrogen) atoms. The Morgan fingerprint density at radius 1 is 1.29 bits per heavy atom. The number of anilines is 2. The van der Waals surface area contributed by atoms with E-state index in [9.17, 15) is 9.18 Å². The number of nitrogens with one attached hydrogen (secondary N) is 2. The van der Waals surface area contributed by atoms with E-state index in [0.29, 0.717) is 17.3 Å². The molecule has 2 aromatic rings. The van der Waals surface area contributed by atoms with Gasteiger partial charge in [-0.2, -0.15) is 0 Å². The average Bonchev–Trinajstić information content (AvgIpc) is 2.42. The molecule has 0 fully saturated rings. The first kappa shape index (κ1) is 15.8. The van der Waals surface area contributed by atoms with E-state index in [2.05, 4.69) is 26.6 Å². The topological polar surface area (TPSA) is 41.1 Å². The molecule has 0 aliphatic carbocycles. The fraction of sp³-hybridized carbons (Fsp3) is 0.133. The fourth-order valence-electron chi connectivity index (χ4n) is 1.80. The summed E-state index contributed by atoms with van der Waals surface area (Å²) in [7, 11) is 0. The molecule has 2 rings (SSSR count). The van der Waals surface area contributed by atoms with Gasteiger partial charge in [-0.05, 0) is 42.0 Å². The number of hydrogen-bond acceptors (Lipinski definition) is 2. The number of rotatable bonds is 4. The van der Waals surface area contributed by atoms with Crippen LogP contribution in [0, 0.1) is 5.82 Å². The number of halogens is 3. The van der Waals surface area contributed by atoms with Crippen molar-refractivity contribution in [3.05, 3.63) is 57.3 Å². The van der Waals surface area contributed by atoms with Crippen molar-refractivity contribution < 1.29 is 9.18 Å². The van der Waals surface area contributed by atoms with Crippen molar-refractivity contribution in [1.82, 2.24) is 0 Å². The molecule has 0 bridgehead atoms. The molecule has 110 valence electrons. The molecule has 0 aromatic heterocycles. The summed E-state index contributed by atoms with van der Waals surface area (Å²) < 4.78 is 14.5. The Labute approximate surface area is 135 Å². The minimum absolute atomic E-state index is 0.146. The maximum atomic E-state index is 13.5. The van der Waals surface area contributed by atoms with Crippen LogP contribution in [0.4, 0.5) is 15.8 Å². The second kappa shape index (κ2) is 6.91. The van der Waals surface area contributed by atoms with Crippen molar-refractivity contribution in [1.29, 1.82) is 0 Å². The number of carbonyl (C=O) groups excluding carboxylic acids is 1. The molecule has 0 spiro atoms. The van der Waals surface area contributed by atoms with Crippen LogP contribution in [0.1, 0.15) is 12.5 Å². The van der Waals surface area contributed by atoms with Crippen LogP contribution in [0.15, 0.2) is 40.9 Å². The van der Waals surface area contributed by atoms with Crippen molar-refractivity contribution in [2.75, 3.05) is 10.6 Å². The van der Waals surface area contributed by atoms with Crippen LogP contribution in [-0.2, 0) is 11.3 Å². The maximum absolute atomic E-state index is 13.5. The third-order valence-electron chi connectivity index (χ3n) is 2.77. The Hall–Kier alpha value is -1.59. The first-order chi connectivity index (χ1) is 9.95. The molecule has 2 aromatic carbocycles. The van der Waals surface area contributed by atoms with E-state index < -0.39 is 5.82 Å². The number of benzene rings is 2. The molecule has 3 nitrogen and oxygen atoms in total. The number of hydrogen-bond donors (Lipinski definition) is 2. The minimum Gasteiger partial charge on any atom is -0.381 e. The Morgan fingerprint density at radius 3 is 2.76 bits per heavy atom. The minimum atomic E-state index is -0.476. The second-order valence-electron chi connectivity index (χ2n) is 4.47. The first-order valence-electron chi connectivity index (χ1n) is 6.20. The largest absolute Gasteiger partial charge is 0.381 e. The van der Waals surface area contributed by atoms with Gasteiger partial charge in [-0.3, -0.25) is 4.79 Å². The fourth-order valence-corrected chi connectivity index (χ4v) is 2.39. The van der Waals surface area contributed by atoms with Gasteiger partial charge in [-0.15, -0.1) is 0 Å². The number of carbonyl (C=O) groups is 1. The lowest BCUT2D eigenvalue weighted by Crippen LogP contribution is -2.08. The lowest BCUT2D eigenvalue weighted by atomic mass is 10.2. The quantitative estimate of drug-likeness (QED) is 0.809. The van der Waals surface area contributed by atoms with Gasteiger partial charge in [0.2, 0.25) is 5.91 Å². The molecule has 0 saturated heterocycles. The van der Waals surface area contributed by atoms with Crippen LogP contribution in [0.25, 0.3) is 0 Å². The van der Waals surface area contributed by atoms with Crippen LogP contribution < -0.4 is 10.6 Å². The summed E-state index contributed by atoms with van der Waals surface area (Å²) in [5.74, 6) is -0.794. The first-order valence-corrected chi connectivity index (χ1v) is 7.38. The van der Waals surface area contributed by atoms with Crippen LogP contribution in [0.5, 0.6) is 0 Å². The lowest BCUT2D eigenvalue weighted by Gasteiger charge is -2.11. The summed E-state index contributed by atoms with van der Waals surface area (Å²) in [6, 6.07) is 10.0. The molecule has 1 amide bonds. The van der Waals surface area contributed by atoms with Gasteiger partial charge in [-0.1, -0.05) is 27.5 Å². The third-order valence-corrected chi connectivity index (χ3v) is 3.63. The molecule has 0 aliphatic rings. The summed E-state index contributed by atoms with van der Waals surface area (Å²) >= 11 is 9.50. The lowest BCUT2D eigenvalue weighted by molar-refractivity contribution is -0.114. The molecular weight excluding hydrogens is 359 g/mol. The van der Waals surface area contributed by atoms with Crippen LogP contribution >= 0.6 is 27.5 Å². The van der Waals surface area contributed by atoms with Gasteiger partial charge >= 0.3 is 0 Å². The van der Waals surface area contributed by atoms with E-state index in [1.165, 1.54) is 13.0 Å². The highest BCUT2D eigenvalue weighted by atomic mass is 79.9. The highest BCUT2D eigenvalue weighted by Gasteiger charge is 2.06. The van der Waals surface area contributed by atoms with Gasteiger partial charge in [0.15, 0.2) is 0 Å². The van der Waals surface area contributed by atoms with E-state index in [1.807, 2.05) is 12.1 Å². The van der Waals surface area contributed by atoms with Gasteiger partial charge < -0.3 is 10.6 Å². The molecule has 0 aliphatic heterocycles. The van der Waals surface area contributed by atoms with Gasteiger partial charge in [0.05, 0.1) is 5.69 Å². The zero-order valence-corrected chi connectivity index (χ0v) is 13.6.